The summed E-state index contributed by atoms with van der Waals surface area (Å²) < 4.78 is 0. The summed E-state index contributed by atoms with van der Waals surface area (Å²) in [6, 6.07) is 0. The monoisotopic (exact) mass is 165 g/mol. The number of aryl methyl sites for hydroxylation is 1. The van der Waals surface area contributed by atoms with Gasteiger partial charge in [0, 0.05) is 0 Å². The summed E-state index contributed by atoms with van der Waals surface area (Å²) in [7, 11) is 0. The lowest BCUT2D eigenvalue weighted by Gasteiger charge is -1.92. The minimum atomic E-state index is -0.306. The van der Waals surface area contributed by atoms with Gasteiger partial charge in [-0.2, -0.15) is 10.2 Å². The van der Waals surface area contributed by atoms with Crippen molar-refractivity contribution in [2.24, 2.45) is 0 Å². The molecular formula is C6H7N5O. The van der Waals surface area contributed by atoms with Crippen molar-refractivity contribution >= 4 is 16.7 Å². The average molecular weight is 165 g/mol. The summed E-state index contributed by atoms with van der Waals surface area (Å²) in [6.07, 6.45) is 0. The van der Waals surface area contributed by atoms with Crippen LogP contribution in [0.5, 0.6) is 0 Å². The Morgan fingerprint density at radius 2 is 2.08 bits per heavy atom. The van der Waals surface area contributed by atoms with Crippen LogP contribution in [0, 0.1) is 6.92 Å². The van der Waals surface area contributed by atoms with E-state index in [-0.39, 0.29) is 11.4 Å². The first-order chi connectivity index (χ1) is 5.70. The second-order valence-electron chi connectivity index (χ2n) is 2.50. The zero-order valence-electron chi connectivity index (χ0n) is 6.38. The Balaban J connectivity index is 3.09. The van der Waals surface area contributed by atoms with E-state index in [9.17, 15) is 4.79 Å². The topological polar surface area (TPSA) is 100 Å². The fourth-order valence-corrected chi connectivity index (χ4v) is 1.13. The molecule has 0 aliphatic rings. The highest BCUT2D eigenvalue weighted by Crippen LogP contribution is 2.15. The van der Waals surface area contributed by atoms with Gasteiger partial charge < -0.3 is 5.73 Å². The van der Waals surface area contributed by atoms with Gasteiger partial charge in [-0.3, -0.25) is 9.89 Å². The van der Waals surface area contributed by atoms with Crippen molar-refractivity contribution in [3.05, 3.63) is 16.0 Å². The number of nitrogens with two attached hydrogens (primary N) is 1. The van der Waals surface area contributed by atoms with Crippen LogP contribution in [-0.2, 0) is 0 Å². The van der Waals surface area contributed by atoms with Crippen LogP contribution in [0.2, 0.25) is 0 Å². The molecule has 0 aliphatic heterocycles. The first-order valence-electron chi connectivity index (χ1n) is 3.39. The van der Waals surface area contributed by atoms with Crippen LogP contribution in [0.4, 0.5) is 5.82 Å². The van der Waals surface area contributed by atoms with Crippen LogP contribution < -0.4 is 11.3 Å². The zero-order chi connectivity index (χ0) is 8.72. The molecule has 0 fully saturated rings. The maximum absolute atomic E-state index is 11.1. The van der Waals surface area contributed by atoms with E-state index in [1.807, 2.05) is 0 Å². The molecule has 0 bridgehead atoms. The summed E-state index contributed by atoms with van der Waals surface area (Å²) in [6.45, 7) is 1.76. The number of H-pyrrole nitrogens is 2. The minimum Gasteiger partial charge on any atom is -0.382 e. The van der Waals surface area contributed by atoms with E-state index < -0.39 is 0 Å². The van der Waals surface area contributed by atoms with E-state index in [0.717, 1.165) is 0 Å². The Kier molecular flexibility index (Phi) is 1.18. The number of fused-ring (bicyclic) bond motifs is 1. The SMILES string of the molecule is Cc1n[nH]c2c(=O)[nH]nc(N)c12. The van der Waals surface area contributed by atoms with Crippen molar-refractivity contribution in [3.63, 3.8) is 0 Å². The molecule has 0 unspecified atom stereocenters. The Bertz CT molecular complexity index is 482. The van der Waals surface area contributed by atoms with Crippen molar-refractivity contribution in [2.75, 3.05) is 5.73 Å². The normalized spacial score (nSPS) is 10.8. The number of aromatic nitrogens is 4. The molecule has 0 amide bonds. The molecule has 2 aromatic heterocycles. The summed E-state index contributed by atoms with van der Waals surface area (Å²) in [5, 5.41) is 12.9. The van der Waals surface area contributed by atoms with Crippen LogP contribution in [0.25, 0.3) is 10.9 Å². The van der Waals surface area contributed by atoms with Crippen LogP contribution in [0.3, 0.4) is 0 Å². The van der Waals surface area contributed by atoms with Gasteiger partial charge in [-0.05, 0) is 6.92 Å². The summed E-state index contributed by atoms with van der Waals surface area (Å²) in [5.41, 5.74) is 6.28. The van der Waals surface area contributed by atoms with Gasteiger partial charge in [-0.15, -0.1) is 0 Å². The van der Waals surface area contributed by atoms with Crippen molar-refractivity contribution in [1.82, 2.24) is 20.4 Å². The minimum absolute atomic E-state index is 0.288. The second kappa shape index (κ2) is 2.07. The van der Waals surface area contributed by atoms with Gasteiger partial charge in [0.25, 0.3) is 5.56 Å². The molecule has 2 aromatic rings. The van der Waals surface area contributed by atoms with Crippen LogP contribution >= 0.6 is 0 Å². The fourth-order valence-electron chi connectivity index (χ4n) is 1.13. The molecule has 0 spiro atoms. The van der Waals surface area contributed by atoms with Crippen molar-refractivity contribution in [1.29, 1.82) is 0 Å². The third-order valence-electron chi connectivity index (χ3n) is 1.71. The Morgan fingerprint density at radius 3 is 2.75 bits per heavy atom. The number of anilines is 1. The van der Waals surface area contributed by atoms with E-state index in [0.29, 0.717) is 16.6 Å². The zero-order valence-corrected chi connectivity index (χ0v) is 6.38. The van der Waals surface area contributed by atoms with Crippen LogP contribution in [0.1, 0.15) is 5.69 Å². The number of nitrogen functional groups attached to an aromatic ring is 1. The molecule has 0 saturated heterocycles. The molecule has 0 radical (unpaired) electrons. The van der Waals surface area contributed by atoms with Crippen LogP contribution in [-0.4, -0.2) is 20.4 Å². The number of hydrogen-bond donors (Lipinski definition) is 3. The molecule has 12 heavy (non-hydrogen) atoms. The summed E-state index contributed by atoms with van der Waals surface area (Å²) in [5.74, 6) is 0.288. The molecule has 4 N–H and O–H groups in total. The molecule has 2 rings (SSSR count). The largest absolute Gasteiger partial charge is 0.382 e. The second-order valence-corrected chi connectivity index (χ2v) is 2.50. The fraction of sp³-hybridized carbons (Fsp3) is 0.167. The van der Waals surface area contributed by atoms with E-state index in [1.165, 1.54) is 0 Å². The van der Waals surface area contributed by atoms with Crippen molar-refractivity contribution in [3.8, 4) is 0 Å². The molecule has 0 saturated carbocycles. The highest BCUT2D eigenvalue weighted by atomic mass is 16.1. The summed E-state index contributed by atoms with van der Waals surface area (Å²) >= 11 is 0. The quantitative estimate of drug-likeness (QED) is 0.491. The average Bonchev–Trinajstić information content (AvgIpc) is 2.42. The number of nitrogens with one attached hydrogen (secondary N) is 2. The lowest BCUT2D eigenvalue weighted by molar-refractivity contribution is 1.01. The highest BCUT2D eigenvalue weighted by Gasteiger charge is 2.08. The molecule has 6 heteroatoms. The molecule has 62 valence electrons. The first kappa shape index (κ1) is 6.84. The van der Waals surface area contributed by atoms with Gasteiger partial charge >= 0.3 is 0 Å². The van der Waals surface area contributed by atoms with Crippen molar-refractivity contribution in [2.45, 2.75) is 6.92 Å². The molecule has 6 nitrogen and oxygen atoms in total. The number of hydrogen-bond acceptors (Lipinski definition) is 4. The predicted octanol–water partition coefficient (Wildman–Crippen LogP) is -0.463. The molecule has 0 aromatic carbocycles. The molecular weight excluding hydrogens is 158 g/mol. The Morgan fingerprint density at radius 1 is 1.33 bits per heavy atom. The highest BCUT2D eigenvalue weighted by molar-refractivity contribution is 5.89. The van der Waals surface area contributed by atoms with E-state index in [4.69, 9.17) is 5.73 Å². The van der Waals surface area contributed by atoms with Gasteiger partial charge in [0.05, 0.1) is 11.1 Å². The maximum Gasteiger partial charge on any atom is 0.290 e. The number of aromatic amines is 2. The lowest BCUT2D eigenvalue weighted by Crippen LogP contribution is -2.10. The van der Waals surface area contributed by atoms with Gasteiger partial charge in [-0.25, -0.2) is 5.10 Å². The summed E-state index contributed by atoms with van der Waals surface area (Å²) in [4.78, 5) is 11.1. The third-order valence-corrected chi connectivity index (χ3v) is 1.71. The Hall–Kier alpha value is -1.85. The predicted molar refractivity (Wildman–Crippen MR) is 43.7 cm³/mol. The molecule has 0 aliphatic carbocycles. The maximum atomic E-state index is 11.1. The van der Waals surface area contributed by atoms with Crippen LogP contribution in [0.15, 0.2) is 4.79 Å². The third kappa shape index (κ3) is 0.714. The first-order valence-corrected chi connectivity index (χ1v) is 3.39. The van der Waals surface area contributed by atoms with E-state index >= 15 is 0 Å². The lowest BCUT2D eigenvalue weighted by atomic mass is 10.3. The van der Waals surface area contributed by atoms with Gasteiger partial charge in [0.15, 0.2) is 5.82 Å². The van der Waals surface area contributed by atoms with E-state index in [2.05, 4.69) is 20.4 Å². The smallest absolute Gasteiger partial charge is 0.290 e. The van der Waals surface area contributed by atoms with Crippen molar-refractivity contribution < 1.29 is 0 Å². The Labute approximate surface area is 66.8 Å². The van der Waals surface area contributed by atoms with Gasteiger partial charge in [0.1, 0.15) is 5.52 Å². The molecule has 0 atom stereocenters. The van der Waals surface area contributed by atoms with E-state index in [1.54, 1.807) is 6.92 Å². The standard InChI is InChI=1S/C6H7N5O/c1-2-3-4(9-8-2)6(12)11-10-5(3)7/h1H3,(H2,7,10)(H,8,9)(H,11,12). The van der Waals surface area contributed by atoms with Gasteiger partial charge in [0.2, 0.25) is 0 Å². The van der Waals surface area contributed by atoms with Gasteiger partial charge in [-0.1, -0.05) is 0 Å². The number of nitrogens with zero attached hydrogens (tertiary/aromatic N) is 2. The molecule has 2 heterocycles. The number of rotatable bonds is 0.